The largest absolute Gasteiger partial charge is 0.545 e. The molecule has 2 unspecified atom stereocenters. The van der Waals surface area contributed by atoms with Gasteiger partial charge in [0.05, 0.1) is 40.3 Å². The third-order valence-corrected chi connectivity index (χ3v) is 12.5. The minimum Gasteiger partial charge on any atom is -0.545 e. The van der Waals surface area contributed by atoms with Crippen molar-refractivity contribution in [1.82, 2.24) is 0 Å². The Labute approximate surface area is 431 Å². The molecule has 0 aliphatic heterocycles. The molecule has 0 heterocycles. The summed E-state index contributed by atoms with van der Waals surface area (Å²) in [6.45, 7) is 4.72. The van der Waals surface area contributed by atoms with E-state index in [9.17, 15) is 19.5 Å². The van der Waals surface area contributed by atoms with Crippen LogP contribution >= 0.6 is 0 Å². The Morgan fingerprint density at radius 2 is 0.771 bits per heavy atom. The second kappa shape index (κ2) is 52.3. The number of hydrogen-bond donors (Lipinski definition) is 0. The van der Waals surface area contributed by atoms with Crippen LogP contribution in [-0.2, 0) is 33.3 Å². The minimum atomic E-state index is -1.62. The summed E-state index contributed by atoms with van der Waals surface area (Å²) in [5, 5.41) is 11.8. The molecule has 0 fully saturated rings. The fraction of sp³-hybridized carbons (Fsp3) is 0.787. The van der Waals surface area contributed by atoms with Gasteiger partial charge in [-0.15, -0.1) is 0 Å². The van der Waals surface area contributed by atoms with Crippen LogP contribution in [0.1, 0.15) is 251 Å². The molecule has 0 rings (SSSR count). The monoisotopic (exact) mass is 984 g/mol. The first-order chi connectivity index (χ1) is 34.1. The van der Waals surface area contributed by atoms with Crippen LogP contribution in [0.3, 0.4) is 0 Å². The number of aliphatic carboxylic acids is 1. The first-order valence-corrected chi connectivity index (χ1v) is 28.9. The Balaban J connectivity index is 4.25. The number of esters is 2. The number of unbranched alkanes of at least 4 members (excludes halogenated alkanes) is 28. The molecule has 0 aromatic rings. The summed E-state index contributed by atoms with van der Waals surface area (Å²) in [5.74, 6) is -2.29. The Bertz CT molecular complexity index is 1330. The molecule has 2 atom stereocenters. The molecule has 406 valence electrons. The van der Waals surface area contributed by atoms with Gasteiger partial charge in [-0.2, -0.15) is 0 Å². The predicted octanol–water partition coefficient (Wildman–Crippen LogP) is 15.5. The van der Waals surface area contributed by atoms with Crippen molar-refractivity contribution in [3.63, 3.8) is 0 Å². The van der Waals surface area contributed by atoms with Crippen LogP contribution < -0.4 is 5.11 Å². The smallest absolute Gasteiger partial charge is 0.306 e. The van der Waals surface area contributed by atoms with Crippen LogP contribution in [0.2, 0.25) is 0 Å². The van der Waals surface area contributed by atoms with Crippen molar-refractivity contribution in [1.29, 1.82) is 0 Å². The lowest BCUT2D eigenvalue weighted by Gasteiger charge is -2.26. The zero-order valence-corrected chi connectivity index (χ0v) is 46.1. The van der Waals surface area contributed by atoms with Gasteiger partial charge >= 0.3 is 11.9 Å². The van der Waals surface area contributed by atoms with E-state index in [2.05, 4.69) is 74.6 Å². The number of hydrogen-bond acceptors (Lipinski definition) is 8. The normalized spacial score (nSPS) is 13.2. The van der Waals surface area contributed by atoms with Crippen molar-refractivity contribution in [2.75, 3.05) is 47.5 Å². The number of carbonyl (C=O) groups is 3. The number of likely N-dealkylation sites (N-methyl/N-ethyl adjacent to an activating group) is 1. The van der Waals surface area contributed by atoms with Crippen molar-refractivity contribution in [3.05, 3.63) is 60.8 Å². The fourth-order valence-corrected chi connectivity index (χ4v) is 7.99. The van der Waals surface area contributed by atoms with Gasteiger partial charge in [0.2, 0.25) is 0 Å². The van der Waals surface area contributed by atoms with E-state index in [1.165, 1.54) is 148 Å². The summed E-state index contributed by atoms with van der Waals surface area (Å²) < 4.78 is 22.7. The summed E-state index contributed by atoms with van der Waals surface area (Å²) in [7, 11) is 5.92. The quantitative estimate of drug-likeness (QED) is 0.0195. The van der Waals surface area contributed by atoms with Crippen LogP contribution in [0.4, 0.5) is 0 Å². The van der Waals surface area contributed by atoms with Gasteiger partial charge in [0.1, 0.15) is 13.2 Å². The Morgan fingerprint density at radius 1 is 0.429 bits per heavy atom. The zero-order chi connectivity index (χ0) is 51.3. The second-order valence-electron chi connectivity index (χ2n) is 20.6. The highest BCUT2D eigenvalue weighted by atomic mass is 16.7. The van der Waals surface area contributed by atoms with Crippen LogP contribution in [0.25, 0.3) is 0 Å². The molecule has 9 nitrogen and oxygen atoms in total. The van der Waals surface area contributed by atoms with Crippen molar-refractivity contribution >= 4 is 17.9 Å². The lowest BCUT2D eigenvalue weighted by molar-refractivity contribution is -0.870. The van der Waals surface area contributed by atoms with Crippen molar-refractivity contribution in [2.24, 2.45) is 0 Å². The zero-order valence-electron chi connectivity index (χ0n) is 46.1. The van der Waals surface area contributed by atoms with Gasteiger partial charge in [0.15, 0.2) is 12.4 Å². The minimum absolute atomic E-state index is 0.144. The van der Waals surface area contributed by atoms with Gasteiger partial charge in [-0.25, -0.2) is 0 Å². The molecular formula is C61H109NO8. The van der Waals surface area contributed by atoms with Gasteiger partial charge in [0.25, 0.3) is 0 Å². The number of nitrogens with zero attached hydrogens (tertiary/aromatic N) is 1. The summed E-state index contributed by atoms with van der Waals surface area (Å²) in [5.41, 5.74) is 0. The fourth-order valence-electron chi connectivity index (χ4n) is 7.99. The molecule has 0 N–H and O–H groups in total. The molecule has 0 aromatic carbocycles. The highest BCUT2D eigenvalue weighted by Gasteiger charge is 2.22. The van der Waals surface area contributed by atoms with E-state index in [1.807, 2.05) is 21.1 Å². The Hall–Kier alpha value is -3.01. The number of carboxylic acids is 1. The highest BCUT2D eigenvalue weighted by molar-refractivity contribution is 5.70. The summed E-state index contributed by atoms with van der Waals surface area (Å²) in [6.07, 6.45) is 62.6. The standard InChI is InChI=1S/C61H109NO8/c1-6-8-10-12-14-16-18-20-22-24-26-27-28-29-30-31-32-33-34-36-38-40-42-44-46-48-50-52-59(64)70-57(56-69-61(60(65)66)67-54-53-62(3,4)5)55-68-58(63)51-49-47-45-43-41-39-37-35-25-23-21-19-17-15-13-11-9-7-2/h17-20,23-26,28-29,57,61H,6-16,21-22,27,30-56H2,1-5H3/b19-17-,20-18-,25-23-,26-24-,29-28-. The first-order valence-electron chi connectivity index (χ1n) is 28.9. The molecule has 0 aromatic heterocycles. The summed E-state index contributed by atoms with van der Waals surface area (Å²) in [6, 6.07) is 0. The number of allylic oxidation sites excluding steroid dienone is 10. The maximum atomic E-state index is 12.9. The number of carboxylic acid groups (broad SMARTS) is 1. The third-order valence-electron chi connectivity index (χ3n) is 12.5. The van der Waals surface area contributed by atoms with E-state index in [1.54, 1.807) is 0 Å². The van der Waals surface area contributed by atoms with Gasteiger partial charge in [-0.05, 0) is 83.5 Å². The molecule has 0 bridgehead atoms. The third kappa shape index (κ3) is 52.8. The van der Waals surface area contributed by atoms with Crippen LogP contribution in [0.15, 0.2) is 60.8 Å². The van der Waals surface area contributed by atoms with Crippen molar-refractivity contribution in [2.45, 2.75) is 264 Å². The summed E-state index contributed by atoms with van der Waals surface area (Å²) >= 11 is 0. The van der Waals surface area contributed by atoms with E-state index in [-0.39, 0.29) is 38.6 Å². The molecule has 0 aliphatic rings. The van der Waals surface area contributed by atoms with E-state index in [0.29, 0.717) is 17.4 Å². The number of ether oxygens (including phenoxy) is 4. The molecule has 0 saturated carbocycles. The average Bonchev–Trinajstić information content (AvgIpc) is 3.33. The van der Waals surface area contributed by atoms with Crippen LogP contribution in [-0.4, -0.2) is 82.3 Å². The Morgan fingerprint density at radius 3 is 1.16 bits per heavy atom. The van der Waals surface area contributed by atoms with E-state index < -0.39 is 24.3 Å². The van der Waals surface area contributed by atoms with Crippen LogP contribution in [0.5, 0.6) is 0 Å². The topological polar surface area (TPSA) is 111 Å². The molecule has 0 aliphatic carbocycles. The molecule has 70 heavy (non-hydrogen) atoms. The van der Waals surface area contributed by atoms with Gasteiger partial charge in [-0.3, -0.25) is 9.59 Å². The lowest BCUT2D eigenvalue weighted by atomic mass is 10.0. The van der Waals surface area contributed by atoms with Gasteiger partial charge in [0, 0.05) is 12.8 Å². The summed E-state index contributed by atoms with van der Waals surface area (Å²) in [4.78, 5) is 37.3. The maximum absolute atomic E-state index is 12.9. The lowest BCUT2D eigenvalue weighted by Crippen LogP contribution is -2.44. The maximum Gasteiger partial charge on any atom is 0.306 e. The molecule has 0 amide bonds. The van der Waals surface area contributed by atoms with Crippen LogP contribution in [0, 0.1) is 0 Å². The molecule has 0 spiro atoms. The van der Waals surface area contributed by atoms with Crippen molar-refractivity contribution in [3.8, 4) is 0 Å². The first kappa shape index (κ1) is 67.0. The Kier molecular flexibility index (Phi) is 50.1. The molecule has 0 radical (unpaired) electrons. The highest BCUT2D eigenvalue weighted by Crippen LogP contribution is 2.15. The number of quaternary nitrogens is 1. The van der Waals surface area contributed by atoms with Gasteiger partial charge < -0.3 is 33.3 Å². The SMILES string of the molecule is CCCCCC/C=C\C/C=C\CCCCCCCCCC(=O)OCC(COC(OCC[N+](C)(C)C)C(=O)[O-])OC(=O)CCCCCCCCCCCCCC/C=C\C/C=C\C/C=C\CCCCCCC. The predicted molar refractivity (Wildman–Crippen MR) is 292 cm³/mol. The number of carbonyl (C=O) groups excluding carboxylic acids is 3. The second-order valence-corrected chi connectivity index (χ2v) is 20.6. The van der Waals surface area contributed by atoms with E-state index in [0.717, 1.165) is 70.6 Å². The van der Waals surface area contributed by atoms with E-state index in [4.69, 9.17) is 18.9 Å². The average molecular weight is 985 g/mol. The number of rotatable bonds is 53. The van der Waals surface area contributed by atoms with Gasteiger partial charge in [-0.1, -0.05) is 216 Å². The molecular weight excluding hydrogens is 875 g/mol. The van der Waals surface area contributed by atoms with Crippen molar-refractivity contribution < 1.29 is 42.9 Å². The molecule has 0 saturated heterocycles. The molecule has 9 heteroatoms. The van der Waals surface area contributed by atoms with E-state index >= 15 is 0 Å².